The Morgan fingerprint density at radius 1 is 0.750 bits per heavy atom. The second-order valence-electron chi connectivity index (χ2n) is 11.1. The van der Waals surface area contributed by atoms with Crippen molar-refractivity contribution in [2.24, 2.45) is 0 Å². The number of hydrogen-bond acceptors (Lipinski definition) is 3. The molecule has 0 aliphatic rings. The third kappa shape index (κ3) is 3.63. The van der Waals surface area contributed by atoms with E-state index in [9.17, 15) is 5.26 Å². The first-order chi connectivity index (χ1) is 17.0. The van der Waals surface area contributed by atoms with E-state index in [-0.39, 0.29) is 10.8 Å². The van der Waals surface area contributed by atoms with Gasteiger partial charge in [0, 0.05) is 10.8 Å². The van der Waals surface area contributed by atoms with Gasteiger partial charge >= 0.3 is 0 Å². The molecule has 3 aromatic carbocycles. The summed E-state index contributed by atoms with van der Waals surface area (Å²) >= 11 is 0. The topological polar surface area (TPSA) is 63.8 Å². The first-order valence-corrected chi connectivity index (χ1v) is 12.0. The smallest absolute Gasteiger partial charge is 0.212 e. The molecule has 6 nitrogen and oxygen atoms in total. The van der Waals surface area contributed by atoms with Crippen LogP contribution in [-0.4, -0.2) is 19.1 Å². The van der Waals surface area contributed by atoms with Crippen LogP contribution in [0.3, 0.4) is 0 Å². The lowest BCUT2D eigenvalue weighted by Crippen LogP contribution is -2.20. The molecule has 0 radical (unpaired) electrons. The minimum Gasteiger partial charge on any atom is -0.306 e. The highest BCUT2D eigenvalue weighted by Crippen LogP contribution is 2.38. The maximum Gasteiger partial charge on any atom is 0.212 e. The molecule has 2 heterocycles. The Bertz CT molecular complexity index is 1600. The number of para-hydroxylation sites is 4. The number of fused-ring (bicyclic) bond motifs is 2. The molecule has 0 atom stereocenters. The van der Waals surface area contributed by atoms with Crippen LogP contribution >= 0.6 is 0 Å². The summed E-state index contributed by atoms with van der Waals surface area (Å²) < 4.78 is 4.14. The molecule has 0 spiro atoms. The van der Waals surface area contributed by atoms with Crippen LogP contribution in [0.5, 0.6) is 0 Å². The fourth-order valence-electron chi connectivity index (χ4n) is 4.65. The highest BCUT2D eigenvalue weighted by atomic mass is 15.1. The number of hydrogen-bond donors (Lipinski definition) is 0. The van der Waals surface area contributed by atoms with Crippen molar-refractivity contribution in [2.45, 2.75) is 52.4 Å². The number of benzene rings is 3. The van der Waals surface area contributed by atoms with E-state index in [1.807, 2.05) is 54.6 Å². The molecule has 0 fully saturated rings. The number of imidazole rings is 2. The van der Waals surface area contributed by atoms with Gasteiger partial charge in [-0.2, -0.15) is 5.26 Å². The van der Waals surface area contributed by atoms with E-state index in [1.54, 1.807) is 6.07 Å². The van der Waals surface area contributed by atoms with Gasteiger partial charge in [-0.15, -0.1) is 0 Å². The largest absolute Gasteiger partial charge is 0.306 e. The molecule has 0 aliphatic heterocycles. The van der Waals surface area contributed by atoms with Gasteiger partial charge in [0.15, 0.2) is 0 Å². The van der Waals surface area contributed by atoms with Gasteiger partial charge in [-0.3, -0.25) is 4.57 Å². The van der Waals surface area contributed by atoms with Crippen LogP contribution in [0, 0.1) is 17.9 Å². The molecule has 5 rings (SSSR count). The summed E-state index contributed by atoms with van der Waals surface area (Å²) in [5.74, 6) is 1.71. The molecule has 0 saturated carbocycles. The van der Waals surface area contributed by atoms with Crippen molar-refractivity contribution in [3.8, 4) is 17.4 Å². The molecule has 0 unspecified atom stereocenters. The van der Waals surface area contributed by atoms with Crippen molar-refractivity contribution >= 4 is 27.8 Å². The lowest BCUT2D eigenvalue weighted by molar-refractivity contribution is 0.537. The first-order valence-electron chi connectivity index (χ1n) is 12.0. The molecule has 6 heteroatoms. The predicted molar refractivity (Wildman–Crippen MR) is 144 cm³/mol. The Kier molecular flexibility index (Phi) is 5.23. The first kappa shape index (κ1) is 23.3. The lowest BCUT2D eigenvalue weighted by atomic mass is 9.95. The van der Waals surface area contributed by atoms with Gasteiger partial charge in [0.2, 0.25) is 5.69 Å². The van der Waals surface area contributed by atoms with E-state index in [0.29, 0.717) is 22.6 Å². The maximum atomic E-state index is 10.2. The molecule has 0 aliphatic carbocycles. The summed E-state index contributed by atoms with van der Waals surface area (Å²) in [5.41, 5.74) is 5.28. The van der Waals surface area contributed by atoms with Gasteiger partial charge in [0.1, 0.15) is 11.6 Å². The van der Waals surface area contributed by atoms with Crippen molar-refractivity contribution in [1.82, 2.24) is 19.1 Å². The zero-order valence-corrected chi connectivity index (χ0v) is 21.5. The lowest BCUT2D eigenvalue weighted by Gasteiger charge is -2.24. The third-order valence-electron chi connectivity index (χ3n) is 6.28. The zero-order chi connectivity index (χ0) is 25.8. The summed E-state index contributed by atoms with van der Waals surface area (Å²) in [4.78, 5) is 13.8. The molecular weight excluding hydrogens is 444 g/mol. The van der Waals surface area contributed by atoms with Crippen LogP contribution in [0.1, 0.15) is 58.8 Å². The summed E-state index contributed by atoms with van der Waals surface area (Å²) in [6.45, 7) is 20.7. The van der Waals surface area contributed by atoms with Crippen molar-refractivity contribution in [3.05, 3.63) is 89.3 Å². The molecular formula is C30H28N6. The Balaban J connectivity index is 1.94. The third-order valence-corrected chi connectivity index (χ3v) is 6.28. The van der Waals surface area contributed by atoms with E-state index in [1.165, 1.54) is 0 Å². The van der Waals surface area contributed by atoms with Crippen LogP contribution in [0.2, 0.25) is 0 Å². The number of aromatic nitrogens is 4. The van der Waals surface area contributed by atoms with Crippen LogP contribution < -0.4 is 0 Å². The summed E-state index contributed by atoms with van der Waals surface area (Å²) in [7, 11) is 0. The van der Waals surface area contributed by atoms with Gasteiger partial charge in [0.05, 0.1) is 51.6 Å². The minimum absolute atomic E-state index is 0.273. The Hall–Kier alpha value is -4.42. The normalized spacial score (nSPS) is 12.1. The fourth-order valence-corrected chi connectivity index (χ4v) is 4.65. The molecule has 0 amide bonds. The highest BCUT2D eigenvalue weighted by molar-refractivity contribution is 5.84. The highest BCUT2D eigenvalue weighted by Gasteiger charge is 2.28. The molecule has 5 aromatic rings. The minimum atomic E-state index is -0.275. The van der Waals surface area contributed by atoms with Gasteiger partial charge in [-0.25, -0.2) is 14.8 Å². The van der Waals surface area contributed by atoms with Gasteiger partial charge in [-0.05, 0) is 36.4 Å². The van der Waals surface area contributed by atoms with Gasteiger partial charge < -0.3 is 4.57 Å². The Labute approximate surface area is 211 Å². The predicted octanol–water partition coefficient (Wildman–Crippen LogP) is 7.38. The number of nitrogens with zero attached hydrogens (tertiary/aromatic N) is 6. The summed E-state index contributed by atoms with van der Waals surface area (Å²) in [6, 6.07) is 21.9. The number of rotatable bonds is 2. The van der Waals surface area contributed by atoms with E-state index in [4.69, 9.17) is 16.5 Å². The SMILES string of the molecule is [C-]#[N+]c1cc(C#N)c(-n2c(C(C)(C)C)nc3ccccc32)cc1-n1c(C(C)(C)C)nc2ccccc21. The quantitative estimate of drug-likeness (QED) is 0.252. The monoisotopic (exact) mass is 472 g/mol. The van der Waals surface area contributed by atoms with Crippen LogP contribution in [-0.2, 0) is 10.8 Å². The number of nitriles is 1. The van der Waals surface area contributed by atoms with E-state index in [0.717, 1.165) is 33.7 Å². The molecule has 0 N–H and O–H groups in total. The van der Waals surface area contributed by atoms with Gasteiger partial charge in [-0.1, -0.05) is 65.8 Å². The van der Waals surface area contributed by atoms with E-state index < -0.39 is 0 Å². The maximum absolute atomic E-state index is 10.2. The average molecular weight is 473 g/mol. The molecule has 36 heavy (non-hydrogen) atoms. The zero-order valence-electron chi connectivity index (χ0n) is 21.5. The van der Waals surface area contributed by atoms with Crippen molar-refractivity contribution in [1.29, 1.82) is 5.26 Å². The van der Waals surface area contributed by atoms with E-state index >= 15 is 0 Å². The second kappa shape index (κ2) is 8.07. The molecule has 178 valence electrons. The molecule has 0 bridgehead atoms. The standard InChI is InChI=1S/C30H28N6/c1-29(2,3)27-33-20-12-8-10-14-23(20)35(27)25-17-26(22(32-7)16-19(25)18-31)36-24-15-11-9-13-21(24)34-28(36)30(4,5)6/h8-17H,1-6H3. The average Bonchev–Trinajstić information content (AvgIpc) is 3.42. The Morgan fingerprint density at radius 3 is 1.67 bits per heavy atom. The summed E-state index contributed by atoms with van der Waals surface area (Å²) in [5, 5.41) is 10.2. The van der Waals surface area contributed by atoms with Crippen LogP contribution in [0.15, 0.2) is 60.7 Å². The van der Waals surface area contributed by atoms with Crippen molar-refractivity contribution in [2.75, 3.05) is 0 Å². The van der Waals surface area contributed by atoms with Gasteiger partial charge in [0.25, 0.3) is 0 Å². The molecule has 0 saturated heterocycles. The van der Waals surface area contributed by atoms with E-state index in [2.05, 4.69) is 61.6 Å². The Morgan fingerprint density at radius 2 is 1.22 bits per heavy atom. The van der Waals surface area contributed by atoms with Crippen molar-refractivity contribution < 1.29 is 0 Å². The van der Waals surface area contributed by atoms with Crippen molar-refractivity contribution in [3.63, 3.8) is 0 Å². The second-order valence-corrected chi connectivity index (χ2v) is 11.1. The fraction of sp³-hybridized carbons (Fsp3) is 0.267. The van der Waals surface area contributed by atoms with Crippen LogP contribution in [0.4, 0.5) is 5.69 Å². The van der Waals surface area contributed by atoms with Crippen LogP contribution in [0.25, 0.3) is 38.3 Å². The summed E-state index contributed by atoms with van der Waals surface area (Å²) in [6.07, 6.45) is 0. The molecule has 2 aromatic heterocycles.